The molecule has 148 valence electrons. The van der Waals surface area contributed by atoms with Crippen LogP contribution in [0, 0.1) is 10.5 Å². The number of carbonyl (C=O) groups excluding carboxylic acids is 1. The molecule has 7 heteroatoms. The van der Waals surface area contributed by atoms with E-state index in [0.29, 0.717) is 11.5 Å². The van der Waals surface area contributed by atoms with Crippen LogP contribution in [0.2, 0.25) is 0 Å². The average Bonchev–Trinajstić information content (AvgIpc) is 2.62. The maximum absolute atomic E-state index is 12.2. The monoisotopic (exact) mass is 504 g/mol. The molecule has 0 atom stereocenters. The quantitative estimate of drug-likeness (QED) is 0.389. The molecule has 0 saturated heterocycles. The van der Waals surface area contributed by atoms with Crippen LogP contribution in [0.5, 0.6) is 11.5 Å². The van der Waals surface area contributed by atoms with E-state index in [1.807, 2.05) is 43.3 Å². The number of carbonyl (C=O) groups is 1. The summed E-state index contributed by atoms with van der Waals surface area (Å²) < 4.78 is 12.1. The summed E-state index contributed by atoms with van der Waals surface area (Å²) in [6, 6.07) is 11.6. The lowest BCUT2D eigenvalue weighted by atomic mass is 10.2. The van der Waals surface area contributed by atoms with Crippen molar-refractivity contribution in [1.82, 2.24) is 5.32 Å². The van der Waals surface area contributed by atoms with Crippen LogP contribution in [0.1, 0.15) is 24.5 Å². The zero-order chi connectivity index (χ0) is 18.9. The largest absolute Gasteiger partial charge is 0.493 e. The van der Waals surface area contributed by atoms with E-state index >= 15 is 0 Å². The lowest BCUT2D eigenvalue weighted by Gasteiger charge is -2.15. The van der Waals surface area contributed by atoms with Gasteiger partial charge in [0.15, 0.2) is 18.1 Å². The second-order valence-electron chi connectivity index (χ2n) is 5.94. The molecule has 2 rings (SSSR count). The van der Waals surface area contributed by atoms with Gasteiger partial charge in [0, 0.05) is 12.2 Å². The standard InChI is InChI=1S/C20H25IN2O3.ClH/c1-4-9-22-12-15-10-16(21)20(18(11-15)25-3)26-13-19(24)23-17-8-6-5-7-14(17)2;/h5-8,10-11,22H,4,9,12-13H2,1-3H3,(H,23,24);1H. The van der Waals surface area contributed by atoms with E-state index in [-0.39, 0.29) is 24.9 Å². The smallest absolute Gasteiger partial charge is 0.262 e. The van der Waals surface area contributed by atoms with Gasteiger partial charge in [-0.05, 0) is 71.8 Å². The van der Waals surface area contributed by atoms with Crippen molar-refractivity contribution in [3.8, 4) is 11.5 Å². The first-order valence-corrected chi connectivity index (χ1v) is 9.68. The van der Waals surface area contributed by atoms with Gasteiger partial charge < -0.3 is 20.1 Å². The van der Waals surface area contributed by atoms with Crippen molar-refractivity contribution in [3.05, 3.63) is 51.1 Å². The van der Waals surface area contributed by atoms with E-state index in [1.54, 1.807) is 7.11 Å². The van der Waals surface area contributed by atoms with E-state index in [2.05, 4.69) is 40.1 Å². The van der Waals surface area contributed by atoms with Crippen LogP contribution in [0.4, 0.5) is 5.69 Å². The maximum Gasteiger partial charge on any atom is 0.262 e. The summed E-state index contributed by atoms with van der Waals surface area (Å²) in [6.45, 7) is 5.75. The minimum absolute atomic E-state index is 0. The predicted octanol–water partition coefficient (Wildman–Crippen LogP) is 4.55. The molecule has 0 unspecified atom stereocenters. The van der Waals surface area contributed by atoms with E-state index in [0.717, 1.165) is 39.9 Å². The molecule has 0 aromatic heterocycles. The highest BCUT2D eigenvalue weighted by molar-refractivity contribution is 14.1. The van der Waals surface area contributed by atoms with Crippen molar-refractivity contribution in [3.63, 3.8) is 0 Å². The minimum Gasteiger partial charge on any atom is -0.493 e. The van der Waals surface area contributed by atoms with Crippen molar-refractivity contribution in [1.29, 1.82) is 0 Å². The summed E-state index contributed by atoms with van der Waals surface area (Å²) >= 11 is 2.21. The summed E-state index contributed by atoms with van der Waals surface area (Å²) in [5.74, 6) is 1.02. The molecule has 0 bridgehead atoms. The van der Waals surface area contributed by atoms with Gasteiger partial charge in [0.2, 0.25) is 0 Å². The number of anilines is 1. The Bertz CT molecular complexity index is 756. The Morgan fingerprint density at radius 1 is 1.22 bits per heavy atom. The van der Waals surface area contributed by atoms with Crippen LogP contribution in [-0.2, 0) is 11.3 Å². The predicted molar refractivity (Wildman–Crippen MR) is 120 cm³/mol. The lowest BCUT2D eigenvalue weighted by molar-refractivity contribution is -0.118. The van der Waals surface area contributed by atoms with Gasteiger partial charge in [-0.3, -0.25) is 4.79 Å². The molecule has 2 aromatic rings. The van der Waals surface area contributed by atoms with Gasteiger partial charge in [-0.15, -0.1) is 12.4 Å². The second kappa shape index (κ2) is 12.0. The van der Waals surface area contributed by atoms with E-state index < -0.39 is 0 Å². The number of hydrogen-bond donors (Lipinski definition) is 2. The van der Waals surface area contributed by atoms with Crippen molar-refractivity contribution >= 4 is 46.6 Å². The fraction of sp³-hybridized carbons (Fsp3) is 0.350. The van der Waals surface area contributed by atoms with Crippen molar-refractivity contribution < 1.29 is 14.3 Å². The number of benzene rings is 2. The summed E-state index contributed by atoms with van der Waals surface area (Å²) in [4.78, 5) is 12.2. The van der Waals surface area contributed by atoms with E-state index in [9.17, 15) is 4.79 Å². The van der Waals surface area contributed by atoms with Gasteiger partial charge in [0.1, 0.15) is 0 Å². The number of amides is 1. The number of methoxy groups -OCH3 is 1. The molecule has 1 amide bonds. The van der Waals surface area contributed by atoms with Gasteiger partial charge in [-0.2, -0.15) is 0 Å². The summed E-state index contributed by atoms with van der Waals surface area (Å²) in [6.07, 6.45) is 1.09. The number of rotatable bonds is 9. The molecule has 0 aliphatic rings. The first-order chi connectivity index (χ1) is 12.5. The molecule has 2 aromatic carbocycles. The Labute approximate surface area is 180 Å². The third-order valence-electron chi connectivity index (χ3n) is 3.81. The van der Waals surface area contributed by atoms with Gasteiger partial charge in [0.25, 0.3) is 5.91 Å². The third-order valence-corrected chi connectivity index (χ3v) is 4.61. The number of hydrogen-bond acceptors (Lipinski definition) is 4. The number of halogens is 2. The molecule has 5 nitrogen and oxygen atoms in total. The molecule has 0 fully saturated rings. The highest BCUT2D eigenvalue weighted by Crippen LogP contribution is 2.34. The molecular formula is C20H26ClIN2O3. The Morgan fingerprint density at radius 3 is 2.63 bits per heavy atom. The van der Waals surface area contributed by atoms with Crippen molar-refractivity contribution in [2.24, 2.45) is 0 Å². The van der Waals surface area contributed by atoms with Gasteiger partial charge in [-0.1, -0.05) is 25.1 Å². The topological polar surface area (TPSA) is 59.6 Å². The zero-order valence-electron chi connectivity index (χ0n) is 15.8. The first-order valence-electron chi connectivity index (χ1n) is 8.60. The summed E-state index contributed by atoms with van der Waals surface area (Å²) in [5, 5.41) is 6.23. The summed E-state index contributed by atoms with van der Waals surface area (Å²) in [7, 11) is 1.61. The molecule has 2 N–H and O–H groups in total. The van der Waals surface area contributed by atoms with Crippen LogP contribution in [0.3, 0.4) is 0 Å². The van der Waals surface area contributed by atoms with Gasteiger partial charge in [0.05, 0.1) is 10.7 Å². The number of ether oxygens (including phenoxy) is 2. The van der Waals surface area contributed by atoms with Crippen molar-refractivity contribution in [2.75, 3.05) is 25.6 Å². The SMILES string of the molecule is CCCNCc1cc(I)c(OCC(=O)Nc2ccccc2C)c(OC)c1.Cl. The average molecular weight is 505 g/mol. The summed E-state index contributed by atoms with van der Waals surface area (Å²) in [5.41, 5.74) is 2.92. The van der Waals surface area contributed by atoms with Crippen molar-refractivity contribution in [2.45, 2.75) is 26.8 Å². The Kier molecular flexibility index (Phi) is 10.5. The van der Waals surface area contributed by atoms with Crippen LogP contribution in [-0.4, -0.2) is 26.2 Å². The molecule has 27 heavy (non-hydrogen) atoms. The Balaban J connectivity index is 0.00000364. The minimum atomic E-state index is -0.203. The molecule has 0 spiro atoms. The maximum atomic E-state index is 12.2. The Morgan fingerprint density at radius 2 is 1.96 bits per heavy atom. The fourth-order valence-electron chi connectivity index (χ4n) is 2.46. The Hall–Kier alpha value is -1.51. The van der Waals surface area contributed by atoms with Crippen LogP contribution >= 0.6 is 35.0 Å². The molecule has 0 radical (unpaired) electrons. The molecule has 0 aliphatic carbocycles. The van der Waals surface area contributed by atoms with Crippen LogP contribution < -0.4 is 20.1 Å². The van der Waals surface area contributed by atoms with Crippen LogP contribution in [0.25, 0.3) is 0 Å². The zero-order valence-corrected chi connectivity index (χ0v) is 18.8. The second-order valence-corrected chi connectivity index (χ2v) is 7.10. The lowest BCUT2D eigenvalue weighted by Crippen LogP contribution is -2.21. The normalized spacial score (nSPS) is 10.1. The van der Waals surface area contributed by atoms with Gasteiger partial charge in [-0.25, -0.2) is 0 Å². The molecule has 0 aliphatic heterocycles. The van der Waals surface area contributed by atoms with E-state index in [1.165, 1.54) is 0 Å². The number of nitrogens with one attached hydrogen (secondary N) is 2. The third kappa shape index (κ3) is 7.20. The van der Waals surface area contributed by atoms with Crippen LogP contribution in [0.15, 0.2) is 36.4 Å². The highest BCUT2D eigenvalue weighted by atomic mass is 127. The van der Waals surface area contributed by atoms with Gasteiger partial charge >= 0.3 is 0 Å². The molecular weight excluding hydrogens is 479 g/mol. The molecule has 0 heterocycles. The fourth-order valence-corrected chi connectivity index (χ4v) is 3.28. The highest BCUT2D eigenvalue weighted by Gasteiger charge is 2.14. The van der Waals surface area contributed by atoms with E-state index in [4.69, 9.17) is 9.47 Å². The molecule has 0 saturated carbocycles. The number of para-hydroxylation sites is 1. The first kappa shape index (κ1) is 23.5. The number of aryl methyl sites for hydroxylation is 1.